The van der Waals surface area contributed by atoms with Crippen LogP contribution in [0.5, 0.6) is 28.7 Å². The molecule has 2 fully saturated rings. The Morgan fingerprint density at radius 2 is 1.49 bits per heavy atom. The molecule has 0 radical (unpaired) electrons. The fraction of sp³-hybridized carbons (Fsp3) is 0.464. The Balaban J connectivity index is 1.81. The second-order valence-corrected chi connectivity index (χ2v) is 10.7. The molecule has 3 heterocycles. The molecule has 0 saturated carbocycles. The van der Waals surface area contributed by atoms with Crippen molar-refractivity contribution in [3.63, 3.8) is 0 Å². The average molecular weight is 641 g/mol. The van der Waals surface area contributed by atoms with Gasteiger partial charge in [0.1, 0.15) is 65.2 Å². The number of hydrogen-bond donors (Lipinski definition) is 11. The van der Waals surface area contributed by atoms with Crippen molar-refractivity contribution in [3.8, 4) is 40.1 Å². The van der Waals surface area contributed by atoms with Crippen molar-refractivity contribution in [1.29, 1.82) is 0 Å². The molecule has 3 aromatic rings. The third-order valence-corrected chi connectivity index (χ3v) is 7.89. The Kier molecular flexibility index (Phi) is 8.86. The van der Waals surface area contributed by atoms with Gasteiger partial charge in [0.05, 0.1) is 20.3 Å². The van der Waals surface area contributed by atoms with E-state index in [-0.39, 0.29) is 16.9 Å². The second kappa shape index (κ2) is 12.2. The van der Waals surface area contributed by atoms with Crippen LogP contribution in [0.3, 0.4) is 0 Å². The SMILES string of the molecule is COc1ccc(-c2oc3cc(O)cc(O)c3c(=O)c2O[C@@]2([C@H]3O[C@@H](CO)[C@@H](O)[C@@H](O)[C@@H]3O)O[C@@H](CO)[C@H](O)[C@H](O)[C@@H]2O)cc1O. The third kappa shape index (κ3) is 5.32. The molecular formula is C28H32O17. The number of rotatable bonds is 7. The van der Waals surface area contributed by atoms with E-state index in [4.69, 9.17) is 23.4 Å². The van der Waals surface area contributed by atoms with E-state index in [9.17, 15) is 61.0 Å². The van der Waals surface area contributed by atoms with Crippen LogP contribution in [0.15, 0.2) is 39.5 Å². The van der Waals surface area contributed by atoms with Gasteiger partial charge in [-0.25, -0.2) is 0 Å². The minimum atomic E-state index is -3.04. The molecule has 2 aromatic carbocycles. The van der Waals surface area contributed by atoms with Crippen molar-refractivity contribution in [2.75, 3.05) is 20.3 Å². The highest BCUT2D eigenvalue weighted by Crippen LogP contribution is 2.44. The van der Waals surface area contributed by atoms with Crippen LogP contribution in [0.2, 0.25) is 0 Å². The molecule has 17 heteroatoms. The Hall–Kier alpha value is -3.75. The van der Waals surface area contributed by atoms with Gasteiger partial charge >= 0.3 is 0 Å². The van der Waals surface area contributed by atoms with E-state index in [0.29, 0.717) is 0 Å². The molecule has 0 aliphatic carbocycles. The van der Waals surface area contributed by atoms with E-state index in [2.05, 4.69) is 0 Å². The first-order chi connectivity index (χ1) is 21.3. The van der Waals surface area contributed by atoms with Gasteiger partial charge in [-0.1, -0.05) is 0 Å². The maximum absolute atomic E-state index is 14.0. The molecule has 2 aliphatic rings. The van der Waals surface area contributed by atoms with Gasteiger partial charge in [0, 0.05) is 17.7 Å². The van der Waals surface area contributed by atoms with Crippen LogP contribution in [0.25, 0.3) is 22.3 Å². The summed E-state index contributed by atoms with van der Waals surface area (Å²) in [4.78, 5) is 14.0. The molecule has 17 nitrogen and oxygen atoms in total. The van der Waals surface area contributed by atoms with Gasteiger partial charge in [0.25, 0.3) is 5.79 Å². The fourth-order valence-electron chi connectivity index (χ4n) is 5.52. The summed E-state index contributed by atoms with van der Waals surface area (Å²) in [6.45, 7) is -1.98. The highest BCUT2D eigenvalue weighted by molar-refractivity contribution is 5.88. The predicted molar refractivity (Wildman–Crippen MR) is 147 cm³/mol. The number of benzene rings is 2. The third-order valence-electron chi connectivity index (χ3n) is 7.89. The first kappa shape index (κ1) is 32.6. The van der Waals surface area contributed by atoms with E-state index in [1.807, 2.05) is 0 Å². The number of phenolic OH excluding ortho intramolecular Hbond substituents is 3. The van der Waals surface area contributed by atoms with Gasteiger partial charge < -0.3 is 79.5 Å². The fourth-order valence-corrected chi connectivity index (χ4v) is 5.52. The number of aliphatic hydroxyl groups excluding tert-OH is 8. The normalized spacial score (nSPS) is 33.7. The lowest BCUT2D eigenvalue weighted by Gasteiger charge is -2.54. The van der Waals surface area contributed by atoms with Crippen molar-refractivity contribution in [1.82, 2.24) is 0 Å². The molecule has 246 valence electrons. The molecule has 11 N–H and O–H groups in total. The van der Waals surface area contributed by atoms with Crippen LogP contribution in [0, 0.1) is 0 Å². The molecule has 2 aliphatic heterocycles. The van der Waals surface area contributed by atoms with E-state index in [0.717, 1.165) is 18.2 Å². The molecular weight excluding hydrogens is 608 g/mol. The summed E-state index contributed by atoms with van der Waals surface area (Å²) in [7, 11) is 1.27. The van der Waals surface area contributed by atoms with Crippen molar-refractivity contribution < 1.29 is 79.5 Å². The molecule has 0 amide bonds. The van der Waals surface area contributed by atoms with Gasteiger partial charge in [-0.15, -0.1) is 0 Å². The second-order valence-electron chi connectivity index (χ2n) is 10.7. The lowest BCUT2D eigenvalue weighted by Crippen LogP contribution is -2.77. The largest absolute Gasteiger partial charge is 0.508 e. The summed E-state index contributed by atoms with van der Waals surface area (Å²) in [5.74, 6) is -6.25. The number of ether oxygens (including phenoxy) is 4. The average Bonchev–Trinajstić information content (AvgIpc) is 3.01. The highest BCUT2D eigenvalue weighted by atomic mass is 16.8. The Morgan fingerprint density at radius 1 is 0.822 bits per heavy atom. The van der Waals surface area contributed by atoms with Crippen molar-refractivity contribution >= 4 is 11.0 Å². The van der Waals surface area contributed by atoms with Gasteiger partial charge in [0.2, 0.25) is 11.2 Å². The van der Waals surface area contributed by atoms with E-state index in [1.165, 1.54) is 19.2 Å². The number of fused-ring (bicyclic) bond motifs is 1. The zero-order valence-electron chi connectivity index (χ0n) is 23.4. The van der Waals surface area contributed by atoms with Crippen LogP contribution < -0.4 is 14.9 Å². The zero-order chi connectivity index (χ0) is 33.0. The van der Waals surface area contributed by atoms with E-state index in [1.54, 1.807) is 0 Å². The number of methoxy groups -OCH3 is 1. The summed E-state index contributed by atoms with van der Waals surface area (Å²) in [5.41, 5.74) is -1.68. The molecule has 2 saturated heterocycles. The van der Waals surface area contributed by atoms with Gasteiger partial charge in [-0.3, -0.25) is 4.79 Å². The molecule has 5 rings (SSSR count). The van der Waals surface area contributed by atoms with Gasteiger partial charge in [-0.05, 0) is 18.2 Å². The minimum absolute atomic E-state index is 0.00589. The van der Waals surface area contributed by atoms with Crippen LogP contribution in [0.4, 0.5) is 0 Å². The monoisotopic (exact) mass is 640 g/mol. The quantitative estimate of drug-likeness (QED) is 0.122. The van der Waals surface area contributed by atoms with E-state index >= 15 is 0 Å². The number of phenols is 3. The molecule has 10 atom stereocenters. The Morgan fingerprint density at radius 3 is 2.11 bits per heavy atom. The molecule has 0 bridgehead atoms. The lowest BCUT2D eigenvalue weighted by atomic mass is 9.83. The van der Waals surface area contributed by atoms with Gasteiger partial charge in [0.15, 0.2) is 29.5 Å². The number of hydrogen-bond acceptors (Lipinski definition) is 17. The van der Waals surface area contributed by atoms with Crippen molar-refractivity contribution in [2.45, 2.75) is 60.7 Å². The number of aliphatic hydroxyl groups is 8. The first-order valence-electron chi connectivity index (χ1n) is 13.5. The maximum Gasteiger partial charge on any atom is 0.269 e. The lowest BCUT2D eigenvalue weighted by molar-refractivity contribution is -0.396. The molecule has 1 aromatic heterocycles. The standard InChI is InChI=1S/C28H32O17/c1-41-13-3-2-9(4-11(13)32)24-25(20(36)17-12(33)5-10(31)6-14(17)42-24)45-28(26(40)22(38)19(35)16(8-30)44-28)27-23(39)21(37)18(34)15(7-29)43-27/h2-6,15-16,18-19,21-23,26-27,29-35,37-40H,7-8H2,1H3/t15-,16-,18+,19-,21+,22-,23-,26-,27-,28-/m0/s1. The minimum Gasteiger partial charge on any atom is -0.508 e. The van der Waals surface area contributed by atoms with Crippen LogP contribution >= 0.6 is 0 Å². The molecule has 0 unspecified atom stereocenters. The maximum atomic E-state index is 14.0. The highest BCUT2D eigenvalue weighted by Gasteiger charge is 2.65. The summed E-state index contributed by atoms with van der Waals surface area (Å²) in [6, 6.07) is 5.44. The first-order valence-corrected chi connectivity index (χ1v) is 13.5. The number of aromatic hydroxyl groups is 3. The van der Waals surface area contributed by atoms with Crippen LogP contribution in [0.1, 0.15) is 0 Å². The summed E-state index contributed by atoms with van der Waals surface area (Å²) in [6.07, 6.45) is -18.5. The van der Waals surface area contributed by atoms with Crippen molar-refractivity contribution in [2.24, 2.45) is 0 Å². The van der Waals surface area contributed by atoms with E-state index < -0.39 is 114 Å². The Bertz CT molecular complexity index is 1600. The summed E-state index contributed by atoms with van der Waals surface area (Å²) < 4.78 is 28.2. The topological polar surface area (TPSA) is 290 Å². The summed E-state index contributed by atoms with van der Waals surface area (Å²) >= 11 is 0. The van der Waals surface area contributed by atoms with Crippen LogP contribution in [-0.2, 0) is 9.47 Å². The molecule has 45 heavy (non-hydrogen) atoms. The molecule has 0 spiro atoms. The van der Waals surface area contributed by atoms with Crippen molar-refractivity contribution in [3.05, 3.63) is 40.6 Å². The zero-order valence-corrected chi connectivity index (χ0v) is 23.4. The smallest absolute Gasteiger partial charge is 0.269 e. The summed E-state index contributed by atoms with van der Waals surface area (Å²) in [5, 5.41) is 115. The Labute approximate surface area is 252 Å². The van der Waals surface area contributed by atoms with Crippen LogP contribution in [-0.4, -0.2) is 137 Å². The van der Waals surface area contributed by atoms with Gasteiger partial charge in [-0.2, -0.15) is 0 Å². The predicted octanol–water partition coefficient (Wildman–Crippen LogP) is -3.02.